The van der Waals surface area contributed by atoms with Crippen molar-refractivity contribution in [3.05, 3.63) is 42.7 Å². The first-order valence-corrected chi connectivity index (χ1v) is 14.8. The van der Waals surface area contributed by atoms with Gasteiger partial charge in [-0.15, -0.1) is 0 Å². The summed E-state index contributed by atoms with van der Waals surface area (Å²) in [4.78, 5) is 21.1. The molecule has 3 aromatic rings. The van der Waals surface area contributed by atoms with Gasteiger partial charge < -0.3 is 20.0 Å². The van der Waals surface area contributed by atoms with Crippen LogP contribution in [0.1, 0.15) is 12.8 Å². The molecule has 1 atom stereocenters. The van der Waals surface area contributed by atoms with Crippen LogP contribution in [0.2, 0.25) is 0 Å². The second-order valence-electron chi connectivity index (χ2n) is 10.7. The maximum atomic E-state index is 12.1. The van der Waals surface area contributed by atoms with E-state index in [2.05, 4.69) is 56.3 Å². The van der Waals surface area contributed by atoms with Crippen LogP contribution in [-0.2, 0) is 10.0 Å². The molecule has 5 heterocycles. The average Bonchev–Trinajstić information content (AvgIpc) is 3.51. The van der Waals surface area contributed by atoms with Crippen molar-refractivity contribution < 1.29 is 8.42 Å². The highest BCUT2D eigenvalue weighted by Crippen LogP contribution is 2.42. The van der Waals surface area contributed by atoms with Crippen molar-refractivity contribution in [3.63, 3.8) is 0 Å². The number of nitrogens with one attached hydrogen (secondary N) is 1. The number of aromatic nitrogens is 3. The molecule has 0 radical (unpaired) electrons. The molecule has 0 bridgehead atoms. The second-order valence-corrected chi connectivity index (χ2v) is 12.7. The minimum absolute atomic E-state index is 0.0213. The van der Waals surface area contributed by atoms with Gasteiger partial charge in [0.15, 0.2) is 5.82 Å². The lowest BCUT2D eigenvalue weighted by molar-refractivity contribution is 0.313. The zero-order valence-corrected chi connectivity index (χ0v) is 22.3. The van der Waals surface area contributed by atoms with Crippen molar-refractivity contribution in [1.82, 2.24) is 24.2 Å². The molecule has 0 aliphatic carbocycles. The van der Waals surface area contributed by atoms with Gasteiger partial charge in [-0.3, -0.25) is 0 Å². The lowest BCUT2D eigenvalue weighted by Crippen LogP contribution is -2.44. The molecular formula is C26H34N8O2S. The molecule has 1 aromatic carbocycles. The molecule has 6 rings (SSSR count). The van der Waals surface area contributed by atoms with Gasteiger partial charge >= 0.3 is 0 Å². The number of fused-ring (bicyclic) bond motifs is 1. The van der Waals surface area contributed by atoms with Crippen molar-refractivity contribution in [3.8, 4) is 0 Å². The van der Waals surface area contributed by atoms with E-state index in [-0.39, 0.29) is 5.41 Å². The molecule has 1 unspecified atom stereocenters. The highest BCUT2D eigenvalue weighted by Gasteiger charge is 2.46. The lowest BCUT2D eigenvalue weighted by Gasteiger charge is -2.34. The second kappa shape index (κ2) is 9.38. The van der Waals surface area contributed by atoms with Gasteiger partial charge in [0.25, 0.3) is 0 Å². The van der Waals surface area contributed by atoms with E-state index in [1.807, 2.05) is 12.3 Å². The Morgan fingerprint density at radius 1 is 0.892 bits per heavy atom. The third-order valence-electron chi connectivity index (χ3n) is 8.08. The number of likely N-dealkylation sites (N-methyl/N-ethyl adjacent to an activating group) is 1. The Kier molecular flexibility index (Phi) is 6.16. The van der Waals surface area contributed by atoms with Gasteiger partial charge in [-0.25, -0.2) is 27.7 Å². The van der Waals surface area contributed by atoms with Crippen molar-refractivity contribution >= 4 is 44.1 Å². The predicted octanol–water partition coefficient (Wildman–Crippen LogP) is 2.38. The summed E-state index contributed by atoms with van der Waals surface area (Å²) in [5.74, 6) is 1.37. The highest BCUT2D eigenvalue weighted by molar-refractivity contribution is 7.88. The Morgan fingerprint density at radius 3 is 2.38 bits per heavy atom. The first-order valence-electron chi connectivity index (χ1n) is 12.9. The van der Waals surface area contributed by atoms with Crippen molar-refractivity contribution in [2.75, 3.05) is 80.8 Å². The van der Waals surface area contributed by atoms with Gasteiger partial charge in [0.1, 0.15) is 5.52 Å². The van der Waals surface area contributed by atoms with E-state index in [1.54, 1.807) is 10.5 Å². The quantitative estimate of drug-likeness (QED) is 0.542. The first kappa shape index (κ1) is 24.3. The molecule has 196 valence electrons. The standard InChI is InChI=1S/C26H34N8O2S/c1-31-13-15-32(16-14-31)22-5-3-21(4-6-22)29-25-28-17-20-7-10-27-24(23(20)30-25)33-11-8-26(18-33)9-12-34(19-26)37(2,35)36/h3-7,10,17H,8-9,11-16,18-19H2,1-2H3,(H,28,29,30). The van der Waals surface area contributed by atoms with Crippen LogP contribution in [0.3, 0.4) is 0 Å². The van der Waals surface area contributed by atoms with Crippen molar-refractivity contribution in [1.29, 1.82) is 0 Å². The van der Waals surface area contributed by atoms with Gasteiger partial charge in [-0.05, 0) is 50.2 Å². The van der Waals surface area contributed by atoms with Crippen LogP contribution in [0.5, 0.6) is 0 Å². The molecule has 2 aromatic heterocycles. The molecule has 3 aliphatic heterocycles. The summed E-state index contributed by atoms with van der Waals surface area (Å²) in [5.41, 5.74) is 2.96. The van der Waals surface area contributed by atoms with E-state index in [0.717, 1.165) is 74.5 Å². The van der Waals surface area contributed by atoms with Gasteiger partial charge in [0.05, 0.1) is 6.26 Å². The number of nitrogens with zero attached hydrogens (tertiary/aromatic N) is 7. The van der Waals surface area contributed by atoms with Gasteiger partial charge in [-0.2, -0.15) is 0 Å². The highest BCUT2D eigenvalue weighted by atomic mass is 32.2. The lowest BCUT2D eigenvalue weighted by atomic mass is 9.87. The first-order chi connectivity index (χ1) is 17.8. The summed E-state index contributed by atoms with van der Waals surface area (Å²) in [6, 6.07) is 10.4. The molecule has 11 heteroatoms. The number of pyridine rings is 1. The van der Waals surface area contributed by atoms with Crippen molar-refractivity contribution in [2.45, 2.75) is 12.8 Å². The third kappa shape index (κ3) is 4.95. The molecular weight excluding hydrogens is 488 g/mol. The fraction of sp³-hybridized carbons (Fsp3) is 0.500. The number of hydrogen-bond acceptors (Lipinski definition) is 9. The van der Waals surface area contributed by atoms with Crippen LogP contribution in [0.25, 0.3) is 10.9 Å². The minimum atomic E-state index is -3.16. The molecule has 3 saturated heterocycles. The van der Waals surface area contributed by atoms with Crippen LogP contribution in [0, 0.1) is 5.41 Å². The Balaban J connectivity index is 1.19. The minimum Gasteiger partial charge on any atom is -0.369 e. The van der Waals surface area contributed by atoms with E-state index in [9.17, 15) is 8.42 Å². The van der Waals surface area contributed by atoms with Gasteiger partial charge in [0.2, 0.25) is 16.0 Å². The normalized spacial score (nSPS) is 23.4. The number of piperazine rings is 1. The monoisotopic (exact) mass is 522 g/mol. The fourth-order valence-electron chi connectivity index (χ4n) is 5.81. The summed E-state index contributed by atoms with van der Waals surface area (Å²) >= 11 is 0. The van der Waals surface area contributed by atoms with Crippen LogP contribution in [0.15, 0.2) is 42.7 Å². The van der Waals surface area contributed by atoms with E-state index in [1.165, 1.54) is 11.9 Å². The zero-order valence-electron chi connectivity index (χ0n) is 21.5. The topological polar surface area (TPSA) is 97.8 Å². The van der Waals surface area contributed by atoms with Crippen molar-refractivity contribution in [2.24, 2.45) is 5.41 Å². The molecule has 37 heavy (non-hydrogen) atoms. The Morgan fingerprint density at radius 2 is 1.65 bits per heavy atom. The predicted molar refractivity (Wildman–Crippen MR) is 147 cm³/mol. The number of hydrogen-bond donors (Lipinski definition) is 1. The third-order valence-corrected chi connectivity index (χ3v) is 9.33. The van der Waals surface area contributed by atoms with Crippen LogP contribution < -0.4 is 15.1 Å². The number of anilines is 4. The summed E-state index contributed by atoms with van der Waals surface area (Å²) in [7, 11) is -0.999. The smallest absolute Gasteiger partial charge is 0.227 e. The maximum Gasteiger partial charge on any atom is 0.227 e. The van der Waals surface area contributed by atoms with Crippen LogP contribution >= 0.6 is 0 Å². The Bertz CT molecular complexity index is 1390. The SMILES string of the molecule is CN1CCN(c2ccc(Nc3ncc4ccnc(N5CCC6(CCN(S(C)(=O)=O)C6)C5)c4n3)cc2)CC1. The Hall–Kier alpha value is -3.02. The summed E-state index contributed by atoms with van der Waals surface area (Å²) in [6.07, 6.45) is 6.77. The number of rotatable bonds is 5. The molecule has 1 spiro atoms. The van der Waals surface area contributed by atoms with Crippen LogP contribution in [-0.4, -0.2) is 98.2 Å². The molecule has 1 N–H and O–H groups in total. The Labute approximate surface area is 218 Å². The number of benzene rings is 1. The van der Waals surface area contributed by atoms with E-state index < -0.39 is 10.0 Å². The molecule has 10 nitrogen and oxygen atoms in total. The fourth-order valence-corrected chi connectivity index (χ4v) is 6.74. The van der Waals surface area contributed by atoms with E-state index >= 15 is 0 Å². The number of sulfonamides is 1. The summed E-state index contributed by atoms with van der Waals surface area (Å²) in [5, 5.41) is 4.29. The van der Waals surface area contributed by atoms with E-state index in [0.29, 0.717) is 19.0 Å². The van der Waals surface area contributed by atoms with Gasteiger partial charge in [0, 0.05) is 86.9 Å². The zero-order chi connectivity index (χ0) is 25.6. The van der Waals surface area contributed by atoms with Gasteiger partial charge in [-0.1, -0.05) is 0 Å². The summed E-state index contributed by atoms with van der Waals surface area (Å²) < 4.78 is 25.8. The largest absolute Gasteiger partial charge is 0.369 e. The van der Waals surface area contributed by atoms with E-state index in [4.69, 9.17) is 9.97 Å². The molecule has 3 fully saturated rings. The molecule has 0 saturated carbocycles. The van der Waals surface area contributed by atoms with Crippen LogP contribution in [0.4, 0.5) is 23.1 Å². The average molecular weight is 523 g/mol. The maximum absolute atomic E-state index is 12.1. The summed E-state index contributed by atoms with van der Waals surface area (Å²) in [6.45, 7) is 7.03. The molecule has 0 amide bonds. The molecule has 3 aliphatic rings.